The maximum atomic E-state index is 14.2. The zero-order chi connectivity index (χ0) is 24.6. The molecule has 1 aromatic carbocycles. The van der Waals surface area contributed by atoms with Gasteiger partial charge in [0.1, 0.15) is 5.82 Å². The first-order valence-corrected chi connectivity index (χ1v) is 13.4. The Balaban J connectivity index is 1.34. The summed E-state index contributed by atoms with van der Waals surface area (Å²) in [7, 11) is 0. The van der Waals surface area contributed by atoms with E-state index in [1.165, 1.54) is 64.2 Å². The third-order valence-electron chi connectivity index (χ3n) is 7.70. The van der Waals surface area contributed by atoms with E-state index in [-0.39, 0.29) is 5.69 Å². The number of hydrogen-bond donors (Lipinski definition) is 1. The predicted octanol–water partition coefficient (Wildman–Crippen LogP) is 6.86. The molecule has 3 rings (SSSR count). The van der Waals surface area contributed by atoms with Crippen LogP contribution in [0.1, 0.15) is 83.6 Å². The van der Waals surface area contributed by atoms with Crippen molar-refractivity contribution in [3.63, 3.8) is 0 Å². The average molecular weight is 486 g/mol. The second-order valence-corrected chi connectivity index (χ2v) is 10.4. The van der Waals surface area contributed by atoms with Gasteiger partial charge in [-0.2, -0.15) is 13.2 Å². The fraction of sp³-hybridized carbons (Fsp3) is 0.778. The number of benzene rings is 1. The monoisotopic (exact) mass is 485 g/mol. The van der Waals surface area contributed by atoms with Crippen molar-refractivity contribution in [3.05, 3.63) is 29.6 Å². The minimum Gasteiger partial charge on any atom is -0.367 e. The van der Waals surface area contributed by atoms with Crippen LogP contribution in [-0.2, 0) is 6.18 Å². The van der Waals surface area contributed by atoms with Gasteiger partial charge in [0, 0.05) is 38.3 Å². The van der Waals surface area contributed by atoms with E-state index in [9.17, 15) is 17.6 Å². The van der Waals surface area contributed by atoms with E-state index in [1.807, 2.05) is 0 Å². The lowest BCUT2D eigenvalue weighted by Crippen LogP contribution is -2.47. The molecular formula is C27H43F4N3. The van der Waals surface area contributed by atoms with Gasteiger partial charge in [-0.25, -0.2) is 4.39 Å². The van der Waals surface area contributed by atoms with Crippen LogP contribution in [0.4, 0.5) is 23.2 Å². The van der Waals surface area contributed by atoms with Gasteiger partial charge in [-0.3, -0.25) is 4.90 Å². The summed E-state index contributed by atoms with van der Waals surface area (Å²) < 4.78 is 53.2. The van der Waals surface area contributed by atoms with Gasteiger partial charge in [0.05, 0.1) is 11.3 Å². The second kappa shape index (κ2) is 13.1. The van der Waals surface area contributed by atoms with E-state index in [1.54, 1.807) is 4.90 Å². The van der Waals surface area contributed by atoms with E-state index in [2.05, 4.69) is 24.1 Å². The van der Waals surface area contributed by atoms with E-state index < -0.39 is 17.6 Å². The number of nitrogens with zero attached hydrogens (tertiary/aromatic N) is 2. The highest BCUT2D eigenvalue weighted by Gasteiger charge is 2.32. The topological polar surface area (TPSA) is 18.5 Å². The van der Waals surface area contributed by atoms with Crippen LogP contribution in [0.3, 0.4) is 0 Å². The number of halogens is 4. The van der Waals surface area contributed by atoms with E-state index in [0.717, 1.165) is 43.8 Å². The lowest BCUT2D eigenvalue weighted by molar-refractivity contribution is -0.137. The molecular weight excluding hydrogens is 442 g/mol. The highest BCUT2D eigenvalue weighted by molar-refractivity contribution is 5.51. The van der Waals surface area contributed by atoms with Crippen LogP contribution in [0.15, 0.2) is 18.2 Å². The summed E-state index contributed by atoms with van der Waals surface area (Å²) >= 11 is 0. The van der Waals surface area contributed by atoms with Gasteiger partial charge in [0.15, 0.2) is 0 Å². The highest BCUT2D eigenvalue weighted by Crippen LogP contribution is 2.33. The van der Waals surface area contributed by atoms with Gasteiger partial charge in [-0.1, -0.05) is 32.6 Å². The molecule has 0 aromatic heterocycles. The molecule has 1 aliphatic carbocycles. The molecule has 1 N–H and O–H groups in total. The van der Waals surface area contributed by atoms with Crippen LogP contribution in [0.25, 0.3) is 0 Å². The molecule has 1 aromatic rings. The number of rotatable bonds is 11. The Morgan fingerprint density at radius 1 is 1.00 bits per heavy atom. The smallest absolute Gasteiger partial charge is 0.367 e. The molecule has 194 valence electrons. The molecule has 2 fully saturated rings. The van der Waals surface area contributed by atoms with Crippen LogP contribution < -0.4 is 10.2 Å². The van der Waals surface area contributed by atoms with Crippen LogP contribution in [0.5, 0.6) is 0 Å². The maximum absolute atomic E-state index is 14.2. The Hall–Kier alpha value is -1.34. The summed E-state index contributed by atoms with van der Waals surface area (Å²) in [5, 5.41) is 3.84. The van der Waals surface area contributed by atoms with Crippen LogP contribution in [0, 0.1) is 11.7 Å². The summed E-state index contributed by atoms with van der Waals surface area (Å²) in [6.45, 7) is 8.25. The van der Waals surface area contributed by atoms with Gasteiger partial charge < -0.3 is 10.2 Å². The largest absolute Gasteiger partial charge is 0.416 e. The van der Waals surface area contributed by atoms with Crippen molar-refractivity contribution >= 4 is 5.69 Å². The first kappa shape index (κ1) is 27.3. The summed E-state index contributed by atoms with van der Waals surface area (Å²) in [6, 6.07) is 3.96. The Labute approximate surface area is 203 Å². The molecule has 0 amide bonds. The number of nitrogens with one attached hydrogen (secondary N) is 1. The predicted molar refractivity (Wildman–Crippen MR) is 132 cm³/mol. The molecule has 1 saturated heterocycles. The third kappa shape index (κ3) is 8.40. The zero-order valence-electron chi connectivity index (χ0n) is 21.0. The molecule has 2 aliphatic rings. The van der Waals surface area contributed by atoms with Crippen molar-refractivity contribution in [1.29, 1.82) is 0 Å². The Kier molecular flexibility index (Phi) is 10.5. The van der Waals surface area contributed by atoms with E-state index >= 15 is 0 Å². The first-order valence-electron chi connectivity index (χ1n) is 13.4. The maximum Gasteiger partial charge on any atom is 0.416 e. The van der Waals surface area contributed by atoms with Crippen molar-refractivity contribution in [1.82, 2.24) is 10.2 Å². The number of unbranched alkanes of at least 4 members (excludes halogenated alkanes) is 3. The number of anilines is 1. The number of hydrogen-bond acceptors (Lipinski definition) is 3. The summed E-state index contributed by atoms with van der Waals surface area (Å²) in [6.07, 6.45) is 8.36. The van der Waals surface area contributed by atoms with Gasteiger partial charge in [0.2, 0.25) is 0 Å². The van der Waals surface area contributed by atoms with Gasteiger partial charge in [0.25, 0.3) is 0 Å². The minimum atomic E-state index is -4.45. The quantitative estimate of drug-likeness (QED) is 0.273. The summed E-state index contributed by atoms with van der Waals surface area (Å²) in [4.78, 5) is 4.13. The van der Waals surface area contributed by atoms with E-state index in [4.69, 9.17) is 0 Å². The molecule has 0 spiro atoms. The molecule has 0 bridgehead atoms. The average Bonchev–Trinajstić information content (AvgIpc) is 2.81. The first-order chi connectivity index (χ1) is 16.3. The molecule has 0 radical (unpaired) electrons. The lowest BCUT2D eigenvalue weighted by atomic mass is 9.83. The Morgan fingerprint density at radius 3 is 2.35 bits per heavy atom. The molecule has 3 nitrogen and oxygen atoms in total. The van der Waals surface area contributed by atoms with Crippen LogP contribution >= 0.6 is 0 Å². The number of piperazine rings is 1. The van der Waals surface area contributed by atoms with Crippen molar-refractivity contribution in [2.24, 2.45) is 5.92 Å². The molecule has 7 heteroatoms. The molecule has 1 heterocycles. The normalized spacial score (nSPS) is 23.3. The summed E-state index contributed by atoms with van der Waals surface area (Å²) in [5.41, 5.74) is -0.720. The molecule has 34 heavy (non-hydrogen) atoms. The lowest BCUT2D eigenvalue weighted by Gasteiger charge is -2.37. The van der Waals surface area contributed by atoms with Crippen molar-refractivity contribution in [3.8, 4) is 0 Å². The Bertz CT molecular complexity index is 723. The molecule has 1 saturated carbocycles. The second-order valence-electron chi connectivity index (χ2n) is 10.4. The standard InChI is InChI=1S/C27H43F4N3/c1-3-4-5-6-7-21(2)32-24-11-8-22(9-12-24)14-15-33-16-18-34(19-17-33)26-20-23(27(29,30)31)10-13-25(26)28/h10,13,20-22,24,32H,3-9,11-12,14-19H2,1-2H3. The number of alkyl halides is 3. The molecule has 1 atom stereocenters. The van der Waals surface area contributed by atoms with Crippen molar-refractivity contribution in [2.45, 2.75) is 96.3 Å². The third-order valence-corrected chi connectivity index (χ3v) is 7.70. The Morgan fingerprint density at radius 2 is 1.71 bits per heavy atom. The fourth-order valence-electron chi connectivity index (χ4n) is 5.49. The SMILES string of the molecule is CCCCCCC(C)NC1CCC(CCN2CCN(c3cc(C(F)(F)F)ccc3F)CC2)CC1. The highest BCUT2D eigenvalue weighted by atomic mass is 19.4. The van der Waals surface area contributed by atoms with Crippen LogP contribution in [0.2, 0.25) is 0 Å². The minimum absolute atomic E-state index is 0.0693. The zero-order valence-corrected chi connectivity index (χ0v) is 21.0. The molecule has 1 aliphatic heterocycles. The summed E-state index contributed by atoms with van der Waals surface area (Å²) in [5.74, 6) is 0.180. The van der Waals surface area contributed by atoms with Crippen molar-refractivity contribution < 1.29 is 17.6 Å². The van der Waals surface area contributed by atoms with Gasteiger partial charge >= 0.3 is 6.18 Å². The molecule has 1 unspecified atom stereocenters. The fourth-order valence-corrected chi connectivity index (χ4v) is 5.49. The van der Waals surface area contributed by atoms with Crippen LogP contribution in [-0.4, -0.2) is 49.7 Å². The van der Waals surface area contributed by atoms with Crippen molar-refractivity contribution in [2.75, 3.05) is 37.6 Å². The van der Waals surface area contributed by atoms with Gasteiger partial charge in [-0.05, 0) is 76.1 Å². The van der Waals surface area contributed by atoms with E-state index in [0.29, 0.717) is 25.2 Å². The van der Waals surface area contributed by atoms with Gasteiger partial charge in [-0.15, -0.1) is 0 Å².